The first-order valence-corrected chi connectivity index (χ1v) is 7.55. The number of amides is 2. The molecular weight excluding hydrogens is 264 g/mol. The van der Waals surface area contributed by atoms with E-state index in [0.717, 1.165) is 36.8 Å². The highest BCUT2D eigenvalue weighted by atomic mass is 32.2. The number of urea groups is 1. The third kappa shape index (κ3) is 4.14. The van der Waals surface area contributed by atoms with Crippen LogP contribution in [0.3, 0.4) is 0 Å². The van der Waals surface area contributed by atoms with Crippen molar-refractivity contribution in [2.24, 2.45) is 0 Å². The van der Waals surface area contributed by atoms with Crippen LogP contribution >= 0.6 is 11.8 Å². The fourth-order valence-electron chi connectivity index (χ4n) is 1.93. The summed E-state index contributed by atoms with van der Waals surface area (Å²) in [6.45, 7) is 3.56. The monoisotopic (exact) mass is 284 g/mol. The average Bonchev–Trinajstić information content (AvgIpc) is 2.91. The molecule has 106 valence electrons. The van der Waals surface area contributed by atoms with E-state index >= 15 is 0 Å². The zero-order valence-electron chi connectivity index (χ0n) is 11.2. The van der Waals surface area contributed by atoms with Crippen LogP contribution in [0, 0.1) is 0 Å². The lowest BCUT2D eigenvalue weighted by Crippen LogP contribution is -2.44. The van der Waals surface area contributed by atoms with Gasteiger partial charge in [0.05, 0.1) is 25.2 Å². The van der Waals surface area contributed by atoms with E-state index in [9.17, 15) is 4.79 Å². The SMILES string of the molecule is COCCn1cncc1CNC(=O)N1CCSCC1. The standard InChI is InChI=1S/C12H20N4O2S/c1-18-5-2-16-10-13-8-11(16)9-14-12(17)15-3-6-19-7-4-15/h8,10H,2-7,9H2,1H3,(H,14,17). The zero-order valence-corrected chi connectivity index (χ0v) is 12.0. The number of carbonyl (C=O) groups is 1. The fraction of sp³-hybridized carbons (Fsp3) is 0.667. The number of imidazole rings is 1. The Hall–Kier alpha value is -1.21. The second kappa shape index (κ2) is 7.40. The summed E-state index contributed by atoms with van der Waals surface area (Å²) >= 11 is 1.89. The number of hydrogen-bond acceptors (Lipinski definition) is 4. The van der Waals surface area contributed by atoms with Crippen molar-refractivity contribution >= 4 is 17.8 Å². The molecule has 1 saturated heterocycles. The molecule has 0 spiro atoms. The zero-order chi connectivity index (χ0) is 13.5. The summed E-state index contributed by atoms with van der Waals surface area (Å²) < 4.78 is 7.04. The molecule has 7 heteroatoms. The number of nitrogens with zero attached hydrogens (tertiary/aromatic N) is 3. The van der Waals surface area contributed by atoms with Crippen LogP contribution in [0.1, 0.15) is 5.69 Å². The summed E-state index contributed by atoms with van der Waals surface area (Å²) in [5.74, 6) is 2.05. The maximum Gasteiger partial charge on any atom is 0.317 e. The first kappa shape index (κ1) is 14.2. The predicted octanol–water partition coefficient (Wildman–Crippen LogP) is 0.788. The summed E-state index contributed by atoms with van der Waals surface area (Å²) in [6.07, 6.45) is 3.54. The van der Waals surface area contributed by atoms with Crippen LogP contribution in [0.5, 0.6) is 0 Å². The highest BCUT2D eigenvalue weighted by Gasteiger charge is 2.16. The van der Waals surface area contributed by atoms with Gasteiger partial charge in [-0.05, 0) is 0 Å². The second-order valence-electron chi connectivity index (χ2n) is 4.33. The van der Waals surface area contributed by atoms with Crippen LogP contribution in [-0.2, 0) is 17.8 Å². The van der Waals surface area contributed by atoms with Crippen molar-refractivity contribution in [1.29, 1.82) is 0 Å². The molecule has 1 fully saturated rings. The normalized spacial score (nSPS) is 15.5. The number of methoxy groups -OCH3 is 1. The molecule has 1 aliphatic rings. The van der Waals surface area contributed by atoms with Gasteiger partial charge in [-0.15, -0.1) is 0 Å². The van der Waals surface area contributed by atoms with Gasteiger partial charge in [0.15, 0.2) is 0 Å². The van der Waals surface area contributed by atoms with Crippen molar-refractivity contribution in [3.8, 4) is 0 Å². The Morgan fingerprint density at radius 2 is 2.32 bits per heavy atom. The van der Waals surface area contributed by atoms with Crippen molar-refractivity contribution in [2.45, 2.75) is 13.1 Å². The van der Waals surface area contributed by atoms with E-state index in [1.165, 1.54) is 0 Å². The van der Waals surface area contributed by atoms with Gasteiger partial charge in [-0.1, -0.05) is 0 Å². The van der Waals surface area contributed by atoms with Gasteiger partial charge in [-0.3, -0.25) is 0 Å². The lowest BCUT2D eigenvalue weighted by atomic mass is 10.4. The molecule has 0 aromatic carbocycles. The number of thioether (sulfide) groups is 1. The summed E-state index contributed by atoms with van der Waals surface area (Å²) in [5, 5.41) is 2.95. The number of carbonyl (C=O) groups excluding carboxylic acids is 1. The van der Waals surface area contributed by atoms with Gasteiger partial charge in [-0.25, -0.2) is 9.78 Å². The molecule has 2 amide bonds. The van der Waals surface area contributed by atoms with Crippen molar-refractivity contribution < 1.29 is 9.53 Å². The Labute approximate surface area is 117 Å². The van der Waals surface area contributed by atoms with Gasteiger partial charge in [-0.2, -0.15) is 11.8 Å². The number of aromatic nitrogens is 2. The van der Waals surface area contributed by atoms with Crippen LogP contribution in [0.2, 0.25) is 0 Å². The van der Waals surface area contributed by atoms with E-state index in [4.69, 9.17) is 4.74 Å². The topological polar surface area (TPSA) is 59.4 Å². The molecule has 0 radical (unpaired) electrons. The van der Waals surface area contributed by atoms with Gasteiger partial charge < -0.3 is 19.5 Å². The largest absolute Gasteiger partial charge is 0.383 e. The Kier molecular flexibility index (Phi) is 5.53. The molecule has 0 saturated carbocycles. The molecule has 2 heterocycles. The predicted molar refractivity (Wildman–Crippen MR) is 75.2 cm³/mol. The van der Waals surface area contributed by atoms with Crippen molar-refractivity contribution in [3.63, 3.8) is 0 Å². The average molecular weight is 284 g/mol. The second-order valence-corrected chi connectivity index (χ2v) is 5.55. The van der Waals surface area contributed by atoms with Crippen LogP contribution in [-0.4, -0.2) is 58.8 Å². The number of hydrogen-bond donors (Lipinski definition) is 1. The quantitative estimate of drug-likeness (QED) is 0.868. The molecule has 1 aromatic heterocycles. The molecule has 0 aliphatic carbocycles. The maximum atomic E-state index is 12.0. The minimum absolute atomic E-state index is 0.0137. The Morgan fingerprint density at radius 3 is 3.05 bits per heavy atom. The first-order valence-electron chi connectivity index (χ1n) is 6.39. The van der Waals surface area contributed by atoms with E-state index in [0.29, 0.717) is 13.2 Å². The van der Waals surface area contributed by atoms with Crippen molar-refractivity contribution in [1.82, 2.24) is 19.8 Å². The molecule has 0 atom stereocenters. The number of rotatable bonds is 5. The van der Waals surface area contributed by atoms with E-state index in [1.54, 1.807) is 19.6 Å². The number of nitrogens with one attached hydrogen (secondary N) is 1. The molecule has 2 rings (SSSR count). The van der Waals surface area contributed by atoms with E-state index in [2.05, 4.69) is 10.3 Å². The molecule has 0 unspecified atom stereocenters. The summed E-state index contributed by atoms with van der Waals surface area (Å²) in [4.78, 5) is 17.9. The highest BCUT2D eigenvalue weighted by molar-refractivity contribution is 7.99. The van der Waals surface area contributed by atoms with Crippen molar-refractivity contribution in [2.75, 3.05) is 38.3 Å². The van der Waals surface area contributed by atoms with Crippen molar-refractivity contribution in [3.05, 3.63) is 18.2 Å². The number of ether oxygens (including phenoxy) is 1. The molecule has 1 N–H and O–H groups in total. The van der Waals surface area contributed by atoms with Gasteiger partial charge in [0.2, 0.25) is 0 Å². The molecule has 6 nitrogen and oxygen atoms in total. The summed E-state index contributed by atoms with van der Waals surface area (Å²) in [5.41, 5.74) is 0.997. The van der Waals surface area contributed by atoms with Crippen LogP contribution in [0.25, 0.3) is 0 Å². The Balaban J connectivity index is 1.81. The first-order chi connectivity index (χ1) is 9.31. The van der Waals surface area contributed by atoms with Gasteiger partial charge in [0, 0.05) is 44.4 Å². The highest BCUT2D eigenvalue weighted by Crippen LogP contribution is 2.09. The lowest BCUT2D eigenvalue weighted by molar-refractivity contribution is 0.186. The molecule has 1 aliphatic heterocycles. The minimum atomic E-state index is 0.0137. The molecule has 0 bridgehead atoms. The third-order valence-corrected chi connectivity index (χ3v) is 4.00. The van der Waals surface area contributed by atoms with E-state index in [1.807, 2.05) is 21.2 Å². The maximum absolute atomic E-state index is 12.0. The van der Waals surface area contributed by atoms with E-state index < -0.39 is 0 Å². The molecule has 19 heavy (non-hydrogen) atoms. The third-order valence-electron chi connectivity index (χ3n) is 3.05. The smallest absolute Gasteiger partial charge is 0.317 e. The summed E-state index contributed by atoms with van der Waals surface area (Å²) in [7, 11) is 1.67. The van der Waals surface area contributed by atoms with Crippen LogP contribution in [0.15, 0.2) is 12.5 Å². The van der Waals surface area contributed by atoms with Crippen LogP contribution in [0.4, 0.5) is 4.79 Å². The van der Waals surface area contributed by atoms with Crippen LogP contribution < -0.4 is 5.32 Å². The Morgan fingerprint density at radius 1 is 1.53 bits per heavy atom. The lowest BCUT2D eigenvalue weighted by Gasteiger charge is -2.26. The molecule has 1 aromatic rings. The molecular formula is C12H20N4O2S. The van der Waals surface area contributed by atoms with Gasteiger partial charge in [0.1, 0.15) is 0 Å². The van der Waals surface area contributed by atoms with Gasteiger partial charge >= 0.3 is 6.03 Å². The Bertz CT molecular complexity index is 404. The van der Waals surface area contributed by atoms with E-state index in [-0.39, 0.29) is 6.03 Å². The summed E-state index contributed by atoms with van der Waals surface area (Å²) in [6, 6.07) is 0.0137. The fourth-order valence-corrected chi connectivity index (χ4v) is 2.83. The van der Waals surface area contributed by atoms with Gasteiger partial charge in [0.25, 0.3) is 0 Å². The minimum Gasteiger partial charge on any atom is -0.383 e.